The first-order chi connectivity index (χ1) is 12.0. The summed E-state index contributed by atoms with van der Waals surface area (Å²) in [7, 11) is 2.96. The third-order valence-electron chi connectivity index (χ3n) is 3.77. The lowest BCUT2D eigenvalue weighted by Crippen LogP contribution is -2.22. The number of nitrogens with zero attached hydrogens (tertiary/aromatic N) is 4. The monoisotopic (exact) mass is 358 g/mol. The molecule has 2 aromatic rings. The fourth-order valence-electron chi connectivity index (χ4n) is 2.35. The fraction of sp³-hybridized carbons (Fsp3) is 0.294. The third-order valence-corrected chi connectivity index (χ3v) is 4.51. The SMILES string of the molecule is COC(=O)C(C#N)C(=Nc1c(C)n(C)n(-c2ccccc2)c1=O)SC. The molecule has 1 unspecified atom stereocenters. The summed E-state index contributed by atoms with van der Waals surface area (Å²) >= 11 is 1.14. The number of carbonyl (C=O) groups is 1. The van der Waals surface area contributed by atoms with E-state index in [1.807, 2.05) is 36.4 Å². The summed E-state index contributed by atoms with van der Waals surface area (Å²) < 4.78 is 7.82. The van der Waals surface area contributed by atoms with Crippen molar-refractivity contribution in [3.63, 3.8) is 0 Å². The van der Waals surface area contributed by atoms with Crippen LogP contribution in [0.4, 0.5) is 5.69 Å². The van der Waals surface area contributed by atoms with Crippen molar-refractivity contribution in [3.05, 3.63) is 46.4 Å². The first-order valence-corrected chi connectivity index (χ1v) is 8.62. The fourth-order valence-corrected chi connectivity index (χ4v) is 2.91. The van der Waals surface area contributed by atoms with Crippen LogP contribution in [-0.2, 0) is 16.6 Å². The summed E-state index contributed by atoms with van der Waals surface area (Å²) in [6, 6.07) is 11.0. The zero-order chi connectivity index (χ0) is 18.6. The van der Waals surface area contributed by atoms with E-state index in [4.69, 9.17) is 0 Å². The van der Waals surface area contributed by atoms with Crippen LogP contribution >= 0.6 is 11.8 Å². The topological polar surface area (TPSA) is 89.4 Å². The molecule has 130 valence electrons. The Kier molecular flexibility index (Phi) is 5.83. The molecule has 0 saturated heterocycles. The predicted octanol–water partition coefficient (Wildman–Crippen LogP) is 2.19. The largest absolute Gasteiger partial charge is 0.468 e. The molecule has 7 nitrogen and oxygen atoms in total. The Balaban J connectivity index is 2.62. The number of methoxy groups -OCH3 is 1. The number of rotatable bonds is 4. The number of para-hydroxylation sites is 1. The van der Waals surface area contributed by atoms with Gasteiger partial charge in [-0.05, 0) is 25.3 Å². The van der Waals surface area contributed by atoms with Crippen LogP contribution in [-0.4, -0.2) is 33.7 Å². The van der Waals surface area contributed by atoms with E-state index in [0.29, 0.717) is 11.4 Å². The van der Waals surface area contributed by atoms with Crippen LogP contribution in [0.5, 0.6) is 0 Å². The van der Waals surface area contributed by atoms with Crippen LogP contribution in [0.25, 0.3) is 5.69 Å². The van der Waals surface area contributed by atoms with Crippen molar-refractivity contribution in [2.45, 2.75) is 6.92 Å². The molecule has 1 aromatic heterocycles. The Morgan fingerprint density at radius 2 is 2.00 bits per heavy atom. The van der Waals surface area contributed by atoms with E-state index in [0.717, 1.165) is 11.8 Å². The van der Waals surface area contributed by atoms with E-state index < -0.39 is 11.9 Å². The lowest BCUT2D eigenvalue weighted by Gasteiger charge is -2.08. The van der Waals surface area contributed by atoms with E-state index in [2.05, 4.69) is 9.73 Å². The number of hydrogen-bond acceptors (Lipinski definition) is 6. The summed E-state index contributed by atoms with van der Waals surface area (Å²) in [6.07, 6.45) is 1.69. The van der Waals surface area contributed by atoms with Crippen molar-refractivity contribution in [2.75, 3.05) is 13.4 Å². The van der Waals surface area contributed by atoms with Crippen LogP contribution in [0.15, 0.2) is 40.1 Å². The summed E-state index contributed by atoms with van der Waals surface area (Å²) in [4.78, 5) is 28.9. The lowest BCUT2D eigenvalue weighted by atomic mass is 10.2. The number of benzene rings is 1. The molecular weight excluding hydrogens is 340 g/mol. The smallest absolute Gasteiger partial charge is 0.329 e. The molecule has 0 spiro atoms. The second-order valence-corrected chi connectivity index (χ2v) is 5.98. The predicted molar refractivity (Wildman–Crippen MR) is 97.5 cm³/mol. The maximum atomic E-state index is 12.8. The first-order valence-electron chi connectivity index (χ1n) is 7.40. The number of aromatic nitrogens is 2. The quantitative estimate of drug-likeness (QED) is 0.475. The van der Waals surface area contributed by atoms with Gasteiger partial charge in [-0.2, -0.15) is 5.26 Å². The van der Waals surface area contributed by atoms with Gasteiger partial charge in [-0.15, -0.1) is 11.8 Å². The maximum absolute atomic E-state index is 12.8. The minimum Gasteiger partial charge on any atom is -0.468 e. The molecule has 0 fully saturated rings. The van der Waals surface area contributed by atoms with Crippen molar-refractivity contribution < 1.29 is 9.53 Å². The molecule has 25 heavy (non-hydrogen) atoms. The molecule has 2 rings (SSSR count). The Morgan fingerprint density at radius 1 is 1.36 bits per heavy atom. The molecule has 1 atom stereocenters. The average Bonchev–Trinajstić information content (AvgIpc) is 2.84. The highest BCUT2D eigenvalue weighted by molar-refractivity contribution is 8.13. The van der Waals surface area contributed by atoms with Gasteiger partial charge in [0.1, 0.15) is 5.04 Å². The Labute approximate surface area is 149 Å². The number of esters is 1. The summed E-state index contributed by atoms with van der Waals surface area (Å²) in [5.41, 5.74) is 1.20. The highest BCUT2D eigenvalue weighted by Gasteiger charge is 2.26. The summed E-state index contributed by atoms with van der Waals surface area (Å²) in [5.74, 6) is -1.86. The zero-order valence-corrected chi connectivity index (χ0v) is 15.2. The lowest BCUT2D eigenvalue weighted by molar-refractivity contribution is -0.141. The molecule has 1 aromatic carbocycles. The van der Waals surface area contributed by atoms with Gasteiger partial charge in [0.25, 0.3) is 5.56 Å². The summed E-state index contributed by atoms with van der Waals surface area (Å²) in [6.45, 7) is 1.76. The molecule has 0 saturated carbocycles. The molecule has 0 N–H and O–H groups in total. The van der Waals surface area contributed by atoms with Gasteiger partial charge >= 0.3 is 5.97 Å². The minimum absolute atomic E-state index is 0.194. The normalized spacial score (nSPS) is 12.5. The van der Waals surface area contributed by atoms with Gasteiger partial charge in [-0.3, -0.25) is 14.3 Å². The molecular formula is C17H18N4O3S. The van der Waals surface area contributed by atoms with Crippen LogP contribution in [0.3, 0.4) is 0 Å². The molecule has 0 bridgehead atoms. The third kappa shape index (κ3) is 3.51. The van der Waals surface area contributed by atoms with Crippen molar-refractivity contribution in [1.82, 2.24) is 9.36 Å². The molecule has 0 aliphatic rings. The second kappa shape index (κ2) is 7.85. The van der Waals surface area contributed by atoms with Gasteiger partial charge < -0.3 is 4.74 Å². The van der Waals surface area contributed by atoms with Gasteiger partial charge in [-0.1, -0.05) is 18.2 Å². The van der Waals surface area contributed by atoms with Crippen molar-refractivity contribution >= 4 is 28.5 Å². The average molecular weight is 358 g/mol. The maximum Gasteiger partial charge on any atom is 0.329 e. The molecule has 8 heteroatoms. The first kappa shape index (κ1) is 18.5. The molecule has 1 heterocycles. The van der Waals surface area contributed by atoms with Gasteiger partial charge in [0, 0.05) is 7.05 Å². The van der Waals surface area contributed by atoms with Crippen molar-refractivity contribution in [3.8, 4) is 11.8 Å². The van der Waals surface area contributed by atoms with Crippen LogP contribution in [0, 0.1) is 24.2 Å². The molecule has 0 aliphatic heterocycles. The van der Waals surface area contributed by atoms with E-state index in [9.17, 15) is 14.9 Å². The number of aliphatic imine (C=N–C) groups is 1. The van der Waals surface area contributed by atoms with Crippen LogP contribution in [0.1, 0.15) is 5.69 Å². The van der Waals surface area contributed by atoms with E-state index in [1.165, 1.54) is 11.8 Å². The van der Waals surface area contributed by atoms with Crippen molar-refractivity contribution in [1.29, 1.82) is 5.26 Å². The number of ether oxygens (including phenoxy) is 1. The van der Waals surface area contributed by atoms with Crippen LogP contribution < -0.4 is 5.56 Å². The molecule has 0 radical (unpaired) electrons. The van der Waals surface area contributed by atoms with E-state index in [1.54, 1.807) is 24.9 Å². The number of thioether (sulfide) groups is 1. The second-order valence-electron chi connectivity index (χ2n) is 5.15. The molecule has 0 aliphatic carbocycles. The number of hydrogen-bond donors (Lipinski definition) is 0. The van der Waals surface area contributed by atoms with Gasteiger partial charge in [0.05, 0.1) is 24.6 Å². The standard InChI is InChI=1S/C17H18N4O3S/c1-11-14(19-15(25-4)13(10-18)17(23)24-3)16(22)21(20(11)2)12-8-6-5-7-9-12/h5-9,13H,1-4H3. The number of nitriles is 1. The van der Waals surface area contributed by atoms with Crippen molar-refractivity contribution in [2.24, 2.45) is 18.0 Å². The molecule has 0 amide bonds. The van der Waals surface area contributed by atoms with E-state index >= 15 is 0 Å². The summed E-state index contributed by atoms with van der Waals surface area (Å²) in [5, 5.41) is 9.47. The highest BCUT2D eigenvalue weighted by Crippen LogP contribution is 2.21. The number of carbonyl (C=O) groups excluding carboxylic acids is 1. The Bertz CT molecular complexity index is 906. The minimum atomic E-state index is -1.16. The van der Waals surface area contributed by atoms with Gasteiger partial charge in [-0.25, -0.2) is 9.67 Å². The zero-order valence-electron chi connectivity index (χ0n) is 14.4. The van der Waals surface area contributed by atoms with E-state index in [-0.39, 0.29) is 16.3 Å². The van der Waals surface area contributed by atoms with Crippen LogP contribution in [0.2, 0.25) is 0 Å². The van der Waals surface area contributed by atoms with Gasteiger partial charge in [0.2, 0.25) is 0 Å². The Morgan fingerprint density at radius 3 is 2.52 bits per heavy atom. The van der Waals surface area contributed by atoms with Gasteiger partial charge in [0.15, 0.2) is 11.6 Å². The Hall–Kier alpha value is -2.79. The highest BCUT2D eigenvalue weighted by atomic mass is 32.2.